The normalized spacial score (nSPS) is 13.2. The third-order valence-corrected chi connectivity index (χ3v) is 3.67. The molecule has 3 rings (SSSR count). The number of carbonyl (C=O) groups excluding carboxylic acids is 1. The molecule has 2 amide bonds. The van der Waals surface area contributed by atoms with Gasteiger partial charge in [-0.25, -0.2) is 4.79 Å². The first-order valence-electron chi connectivity index (χ1n) is 7.80. The van der Waals surface area contributed by atoms with Crippen LogP contribution in [-0.2, 0) is 5.60 Å². The van der Waals surface area contributed by atoms with Crippen LogP contribution >= 0.6 is 0 Å². The maximum atomic E-state index is 12.0. The van der Waals surface area contributed by atoms with E-state index < -0.39 is 11.6 Å². The highest BCUT2D eigenvalue weighted by atomic mass is 16.5. The highest BCUT2D eigenvalue weighted by Crippen LogP contribution is 2.23. The van der Waals surface area contributed by atoms with Gasteiger partial charge in [-0.2, -0.15) is 0 Å². The number of anilines is 1. The Kier molecular flexibility index (Phi) is 4.58. The van der Waals surface area contributed by atoms with E-state index in [4.69, 9.17) is 8.94 Å². The van der Waals surface area contributed by atoms with E-state index in [1.54, 1.807) is 32.0 Å². The molecular formula is C18H19N3O4. The van der Waals surface area contributed by atoms with E-state index in [1.807, 2.05) is 30.3 Å². The van der Waals surface area contributed by atoms with Gasteiger partial charge in [0.15, 0.2) is 11.6 Å². The van der Waals surface area contributed by atoms with Gasteiger partial charge in [0.1, 0.15) is 17.1 Å². The van der Waals surface area contributed by atoms with E-state index in [1.165, 1.54) is 0 Å². The van der Waals surface area contributed by atoms with Crippen LogP contribution in [0.3, 0.4) is 0 Å². The Balaban J connectivity index is 1.57. The highest BCUT2D eigenvalue weighted by molar-refractivity contribution is 5.88. The van der Waals surface area contributed by atoms with Crippen molar-refractivity contribution in [2.75, 3.05) is 11.9 Å². The van der Waals surface area contributed by atoms with Crippen LogP contribution in [0.5, 0.6) is 0 Å². The molecule has 2 heterocycles. The number of aliphatic hydroxyl groups is 1. The summed E-state index contributed by atoms with van der Waals surface area (Å²) >= 11 is 0. The number of nitrogens with zero attached hydrogens (tertiary/aromatic N) is 1. The number of urea groups is 1. The van der Waals surface area contributed by atoms with Crippen molar-refractivity contribution in [1.29, 1.82) is 0 Å². The van der Waals surface area contributed by atoms with E-state index in [9.17, 15) is 9.90 Å². The number of hydrogen-bond donors (Lipinski definition) is 3. The number of aromatic nitrogens is 1. The number of amides is 2. The molecule has 0 aliphatic carbocycles. The molecule has 3 aromatic rings. The van der Waals surface area contributed by atoms with Gasteiger partial charge in [-0.15, -0.1) is 0 Å². The van der Waals surface area contributed by atoms with Crippen molar-refractivity contribution >= 4 is 11.8 Å². The minimum atomic E-state index is -1.31. The Morgan fingerprint density at radius 2 is 2.00 bits per heavy atom. The summed E-state index contributed by atoms with van der Waals surface area (Å²) in [5, 5.41) is 19.4. The SMILES string of the molecule is Cc1ccc(C(C)(O)CNC(=O)Nc2cc(-c3ccccc3)on2)o1. The lowest BCUT2D eigenvalue weighted by molar-refractivity contribution is 0.0364. The van der Waals surface area contributed by atoms with Crippen LogP contribution in [0.15, 0.2) is 57.5 Å². The van der Waals surface area contributed by atoms with Crippen molar-refractivity contribution in [2.24, 2.45) is 0 Å². The van der Waals surface area contributed by atoms with Gasteiger partial charge in [-0.1, -0.05) is 35.5 Å². The molecule has 25 heavy (non-hydrogen) atoms. The second-order valence-corrected chi connectivity index (χ2v) is 5.93. The fourth-order valence-electron chi connectivity index (χ4n) is 2.30. The maximum Gasteiger partial charge on any atom is 0.320 e. The molecule has 3 N–H and O–H groups in total. The molecule has 0 aliphatic rings. The molecule has 0 bridgehead atoms. The van der Waals surface area contributed by atoms with Gasteiger partial charge in [-0.3, -0.25) is 5.32 Å². The molecule has 7 nitrogen and oxygen atoms in total. The van der Waals surface area contributed by atoms with Crippen molar-refractivity contribution < 1.29 is 18.8 Å². The Hall–Kier alpha value is -3.06. The minimum Gasteiger partial charge on any atom is -0.463 e. The summed E-state index contributed by atoms with van der Waals surface area (Å²) in [6, 6.07) is 14.0. The van der Waals surface area contributed by atoms with Crippen molar-refractivity contribution in [2.45, 2.75) is 19.4 Å². The predicted molar refractivity (Wildman–Crippen MR) is 92.0 cm³/mol. The summed E-state index contributed by atoms with van der Waals surface area (Å²) in [6.45, 7) is 3.33. The third kappa shape index (κ3) is 4.07. The molecular weight excluding hydrogens is 322 g/mol. The van der Waals surface area contributed by atoms with Crippen LogP contribution in [0.25, 0.3) is 11.3 Å². The quantitative estimate of drug-likeness (QED) is 0.661. The summed E-state index contributed by atoms with van der Waals surface area (Å²) in [7, 11) is 0. The topological polar surface area (TPSA) is 101 Å². The summed E-state index contributed by atoms with van der Waals surface area (Å²) in [4.78, 5) is 12.0. The molecule has 0 fully saturated rings. The maximum absolute atomic E-state index is 12.0. The number of benzene rings is 1. The molecule has 7 heteroatoms. The Morgan fingerprint density at radius 1 is 1.24 bits per heavy atom. The van der Waals surface area contributed by atoms with Crippen molar-refractivity contribution in [3.63, 3.8) is 0 Å². The van der Waals surface area contributed by atoms with E-state index in [2.05, 4.69) is 15.8 Å². The summed E-state index contributed by atoms with van der Waals surface area (Å²) in [6.07, 6.45) is 0. The molecule has 1 atom stereocenters. The average molecular weight is 341 g/mol. The summed E-state index contributed by atoms with van der Waals surface area (Å²) in [5.41, 5.74) is -0.454. The van der Waals surface area contributed by atoms with Gasteiger partial charge < -0.3 is 19.4 Å². The molecule has 130 valence electrons. The van der Waals surface area contributed by atoms with Crippen LogP contribution in [-0.4, -0.2) is 22.8 Å². The lowest BCUT2D eigenvalue weighted by Crippen LogP contribution is -2.40. The molecule has 1 unspecified atom stereocenters. The van der Waals surface area contributed by atoms with Crippen molar-refractivity contribution in [3.05, 3.63) is 60.1 Å². The predicted octanol–water partition coefficient (Wildman–Crippen LogP) is 3.27. The lowest BCUT2D eigenvalue weighted by atomic mass is 10.0. The van der Waals surface area contributed by atoms with Gasteiger partial charge >= 0.3 is 6.03 Å². The smallest absolute Gasteiger partial charge is 0.320 e. The first-order chi connectivity index (χ1) is 11.9. The number of furan rings is 1. The zero-order chi connectivity index (χ0) is 17.9. The summed E-state index contributed by atoms with van der Waals surface area (Å²) in [5.74, 6) is 1.91. The van der Waals surface area contributed by atoms with E-state index in [0.717, 1.165) is 5.56 Å². The molecule has 0 spiro atoms. The number of carbonyl (C=O) groups is 1. The molecule has 0 saturated heterocycles. The molecule has 0 saturated carbocycles. The van der Waals surface area contributed by atoms with E-state index in [-0.39, 0.29) is 12.4 Å². The largest absolute Gasteiger partial charge is 0.463 e. The summed E-state index contributed by atoms with van der Waals surface area (Å²) < 4.78 is 10.6. The van der Waals surface area contributed by atoms with Gasteiger partial charge in [0.2, 0.25) is 0 Å². The van der Waals surface area contributed by atoms with E-state index in [0.29, 0.717) is 17.3 Å². The number of nitrogens with one attached hydrogen (secondary N) is 2. The van der Waals surface area contributed by atoms with Crippen molar-refractivity contribution in [1.82, 2.24) is 10.5 Å². The molecule has 0 radical (unpaired) electrons. The number of rotatable bonds is 5. The zero-order valence-electron chi connectivity index (χ0n) is 13.9. The third-order valence-electron chi connectivity index (χ3n) is 3.67. The van der Waals surface area contributed by atoms with Crippen LogP contribution in [0, 0.1) is 6.92 Å². The number of hydrogen-bond acceptors (Lipinski definition) is 5. The van der Waals surface area contributed by atoms with Crippen LogP contribution < -0.4 is 10.6 Å². The van der Waals surface area contributed by atoms with Crippen LogP contribution in [0.4, 0.5) is 10.6 Å². The van der Waals surface area contributed by atoms with Crippen LogP contribution in [0.2, 0.25) is 0 Å². The number of aryl methyl sites for hydroxylation is 1. The minimum absolute atomic E-state index is 0.0187. The Bertz CT molecular complexity index is 852. The first kappa shape index (κ1) is 16.8. The molecule has 2 aromatic heterocycles. The molecule has 0 aliphatic heterocycles. The molecule has 1 aromatic carbocycles. The second kappa shape index (κ2) is 6.82. The fraction of sp³-hybridized carbons (Fsp3) is 0.222. The van der Waals surface area contributed by atoms with Crippen molar-refractivity contribution in [3.8, 4) is 11.3 Å². The standard InChI is InChI=1S/C18H19N3O4/c1-12-8-9-15(24-12)18(2,23)11-19-17(22)20-16-10-14(25-21-16)13-6-4-3-5-7-13/h3-10,23H,11H2,1-2H3,(H2,19,20,21,22). The first-order valence-corrected chi connectivity index (χ1v) is 7.80. The highest BCUT2D eigenvalue weighted by Gasteiger charge is 2.27. The average Bonchev–Trinajstić information content (AvgIpc) is 3.23. The van der Waals surface area contributed by atoms with Crippen LogP contribution in [0.1, 0.15) is 18.4 Å². The lowest BCUT2D eigenvalue weighted by Gasteiger charge is -2.21. The van der Waals surface area contributed by atoms with Gasteiger partial charge in [-0.05, 0) is 26.0 Å². The monoisotopic (exact) mass is 341 g/mol. The second-order valence-electron chi connectivity index (χ2n) is 5.93. The van der Waals surface area contributed by atoms with Gasteiger partial charge in [0.05, 0.1) is 6.54 Å². The van der Waals surface area contributed by atoms with Gasteiger partial charge in [0, 0.05) is 11.6 Å². The Labute approximate surface area is 144 Å². The van der Waals surface area contributed by atoms with Gasteiger partial charge in [0.25, 0.3) is 0 Å². The fourth-order valence-corrected chi connectivity index (χ4v) is 2.30. The Morgan fingerprint density at radius 3 is 2.68 bits per heavy atom. The van der Waals surface area contributed by atoms with E-state index >= 15 is 0 Å². The zero-order valence-corrected chi connectivity index (χ0v) is 13.9.